The van der Waals surface area contributed by atoms with Crippen LogP contribution in [0.1, 0.15) is 41.6 Å². The third kappa shape index (κ3) is 3.50. The van der Waals surface area contributed by atoms with E-state index in [1.807, 2.05) is 32.0 Å². The van der Waals surface area contributed by atoms with Gasteiger partial charge in [0.05, 0.1) is 12.5 Å². The molecule has 1 saturated heterocycles. The smallest absolute Gasteiger partial charge is 0.311 e. The number of piperidine rings is 1. The van der Waals surface area contributed by atoms with Crippen LogP contribution in [0.3, 0.4) is 0 Å². The molecule has 0 radical (unpaired) electrons. The lowest BCUT2D eigenvalue weighted by atomic mass is 9.97. The van der Waals surface area contributed by atoms with Gasteiger partial charge in [-0.05, 0) is 39.2 Å². The van der Waals surface area contributed by atoms with Crippen molar-refractivity contribution in [3.63, 3.8) is 0 Å². The molecule has 0 aliphatic carbocycles. The van der Waals surface area contributed by atoms with E-state index in [1.165, 1.54) is 0 Å². The molecule has 0 unspecified atom stereocenters. The number of hydrogen-bond donors (Lipinski definition) is 0. The predicted molar refractivity (Wildman–Crippen MR) is 104 cm³/mol. The summed E-state index contributed by atoms with van der Waals surface area (Å²) in [5.41, 5.74) is 2.67. The first kappa shape index (κ1) is 19.2. The number of carbonyl (C=O) groups is 2. The Morgan fingerprint density at radius 2 is 1.93 bits per heavy atom. The number of hydrogen-bond acceptors (Lipinski definition) is 7. The number of amides is 1. The monoisotopic (exact) mass is 397 g/mol. The van der Waals surface area contributed by atoms with Crippen LogP contribution in [0.5, 0.6) is 0 Å². The molecule has 0 atom stereocenters. The normalized spacial score (nSPS) is 15.1. The van der Waals surface area contributed by atoms with Gasteiger partial charge in [0, 0.05) is 24.0 Å². The molecule has 1 aromatic carbocycles. The summed E-state index contributed by atoms with van der Waals surface area (Å²) < 4.78 is 16.7. The molecule has 3 heterocycles. The van der Waals surface area contributed by atoms with E-state index in [9.17, 15) is 9.59 Å². The first-order chi connectivity index (χ1) is 14.0. The van der Waals surface area contributed by atoms with Crippen LogP contribution < -0.4 is 0 Å². The summed E-state index contributed by atoms with van der Waals surface area (Å²) in [6, 6.07) is 5.91. The molecule has 8 nitrogen and oxygen atoms in total. The van der Waals surface area contributed by atoms with Crippen molar-refractivity contribution in [1.82, 2.24) is 15.1 Å². The van der Waals surface area contributed by atoms with Gasteiger partial charge in [-0.25, -0.2) is 0 Å². The van der Waals surface area contributed by atoms with Crippen LogP contribution in [-0.2, 0) is 9.53 Å². The Balaban J connectivity index is 1.50. The van der Waals surface area contributed by atoms with E-state index in [4.69, 9.17) is 13.6 Å². The van der Waals surface area contributed by atoms with E-state index in [0.717, 1.165) is 22.1 Å². The fraction of sp³-hybridized carbons (Fsp3) is 0.429. The van der Waals surface area contributed by atoms with E-state index in [2.05, 4.69) is 10.2 Å². The molecule has 0 saturated carbocycles. The Kier molecular flexibility index (Phi) is 5.08. The molecule has 29 heavy (non-hydrogen) atoms. The molecule has 4 rings (SSSR count). The maximum absolute atomic E-state index is 12.7. The van der Waals surface area contributed by atoms with Gasteiger partial charge in [-0.3, -0.25) is 9.59 Å². The molecule has 1 aliphatic heterocycles. The van der Waals surface area contributed by atoms with Crippen molar-refractivity contribution in [1.29, 1.82) is 0 Å². The number of ether oxygens (including phenoxy) is 1. The van der Waals surface area contributed by atoms with Crippen molar-refractivity contribution in [3.8, 4) is 11.7 Å². The lowest BCUT2D eigenvalue weighted by Crippen LogP contribution is -2.40. The van der Waals surface area contributed by atoms with Gasteiger partial charge < -0.3 is 18.5 Å². The number of aryl methyl sites for hydroxylation is 2. The lowest BCUT2D eigenvalue weighted by Gasteiger charge is -2.29. The predicted octanol–water partition coefficient (Wildman–Crippen LogP) is 3.51. The van der Waals surface area contributed by atoms with E-state index in [-0.39, 0.29) is 29.6 Å². The topological polar surface area (TPSA) is 98.7 Å². The van der Waals surface area contributed by atoms with Crippen LogP contribution in [0.15, 0.2) is 27.0 Å². The minimum absolute atomic E-state index is 0.0776. The first-order valence-electron chi connectivity index (χ1n) is 9.78. The minimum atomic E-state index is -0.337. The number of para-hydroxylation sites is 1. The van der Waals surface area contributed by atoms with Gasteiger partial charge in [0.2, 0.25) is 0 Å². The van der Waals surface area contributed by atoms with Crippen molar-refractivity contribution in [2.75, 3.05) is 19.7 Å². The number of benzene rings is 1. The largest absolute Gasteiger partial charge is 0.466 e. The number of fused-ring (bicyclic) bond motifs is 1. The highest BCUT2D eigenvalue weighted by Crippen LogP contribution is 2.34. The number of aromatic nitrogens is 2. The molecule has 2 aromatic heterocycles. The standard InChI is InChI=1S/C21H23N3O5/c1-4-27-21(26)14-8-10-24(11-9-14)20(25)19-23-22-18(29-19)17-13(3)15-7-5-6-12(2)16(15)28-17/h5-7,14H,4,8-11H2,1-3H3. The Morgan fingerprint density at radius 1 is 1.17 bits per heavy atom. The van der Waals surface area contributed by atoms with Crippen molar-refractivity contribution in [2.24, 2.45) is 5.92 Å². The maximum Gasteiger partial charge on any atom is 0.311 e. The Bertz CT molecular complexity index is 1060. The molecule has 0 spiro atoms. The van der Waals surface area contributed by atoms with Crippen LogP contribution in [-0.4, -0.2) is 46.7 Å². The van der Waals surface area contributed by atoms with Gasteiger partial charge in [-0.1, -0.05) is 18.2 Å². The second-order valence-corrected chi connectivity index (χ2v) is 7.24. The molecule has 1 amide bonds. The minimum Gasteiger partial charge on any atom is -0.466 e. The van der Waals surface area contributed by atoms with Crippen molar-refractivity contribution in [3.05, 3.63) is 35.2 Å². The number of esters is 1. The molecular formula is C21H23N3O5. The van der Waals surface area contributed by atoms with Crippen LogP contribution in [0.4, 0.5) is 0 Å². The highest BCUT2D eigenvalue weighted by Gasteiger charge is 2.31. The van der Waals surface area contributed by atoms with E-state index >= 15 is 0 Å². The highest BCUT2D eigenvalue weighted by atomic mass is 16.5. The van der Waals surface area contributed by atoms with Gasteiger partial charge in [-0.15, -0.1) is 10.2 Å². The SMILES string of the molecule is CCOC(=O)C1CCN(C(=O)c2nnc(-c3oc4c(C)cccc4c3C)o2)CC1. The van der Waals surface area contributed by atoms with E-state index < -0.39 is 0 Å². The number of carbonyl (C=O) groups excluding carboxylic acids is 2. The molecule has 3 aromatic rings. The summed E-state index contributed by atoms with van der Waals surface area (Å²) in [6.45, 7) is 6.94. The van der Waals surface area contributed by atoms with Crippen molar-refractivity contribution < 1.29 is 23.2 Å². The second kappa shape index (κ2) is 7.69. The zero-order chi connectivity index (χ0) is 20.5. The lowest BCUT2D eigenvalue weighted by molar-refractivity contribution is -0.149. The summed E-state index contributed by atoms with van der Waals surface area (Å²) in [5, 5.41) is 8.93. The average molecular weight is 397 g/mol. The quantitative estimate of drug-likeness (QED) is 0.621. The highest BCUT2D eigenvalue weighted by molar-refractivity contribution is 5.91. The summed E-state index contributed by atoms with van der Waals surface area (Å²) in [7, 11) is 0. The fourth-order valence-corrected chi connectivity index (χ4v) is 3.70. The van der Waals surface area contributed by atoms with Crippen LogP contribution in [0, 0.1) is 19.8 Å². The molecule has 1 aliphatic rings. The third-order valence-electron chi connectivity index (χ3n) is 5.36. The summed E-state index contributed by atoms with van der Waals surface area (Å²) in [4.78, 5) is 26.2. The molecule has 0 N–H and O–H groups in total. The van der Waals surface area contributed by atoms with Gasteiger partial charge in [-0.2, -0.15) is 0 Å². The fourth-order valence-electron chi connectivity index (χ4n) is 3.70. The Hall–Kier alpha value is -3.16. The van der Waals surface area contributed by atoms with Crippen molar-refractivity contribution >= 4 is 22.8 Å². The number of likely N-dealkylation sites (tertiary alicyclic amines) is 1. The third-order valence-corrected chi connectivity index (χ3v) is 5.36. The van der Waals surface area contributed by atoms with Crippen LogP contribution in [0.25, 0.3) is 22.6 Å². The van der Waals surface area contributed by atoms with Gasteiger partial charge in [0.25, 0.3) is 5.89 Å². The van der Waals surface area contributed by atoms with Crippen molar-refractivity contribution in [2.45, 2.75) is 33.6 Å². The van der Waals surface area contributed by atoms with Gasteiger partial charge in [0.15, 0.2) is 5.76 Å². The molecule has 0 bridgehead atoms. The molecule has 1 fully saturated rings. The average Bonchev–Trinajstić information content (AvgIpc) is 3.34. The Labute approximate surface area is 167 Å². The van der Waals surface area contributed by atoms with E-state index in [1.54, 1.807) is 11.8 Å². The zero-order valence-corrected chi connectivity index (χ0v) is 16.7. The Morgan fingerprint density at radius 3 is 2.62 bits per heavy atom. The summed E-state index contributed by atoms with van der Waals surface area (Å²) in [5.74, 6) is -0.124. The van der Waals surface area contributed by atoms with Crippen LogP contribution in [0.2, 0.25) is 0 Å². The molecular weight excluding hydrogens is 374 g/mol. The molecule has 152 valence electrons. The second-order valence-electron chi connectivity index (χ2n) is 7.24. The number of furan rings is 1. The van der Waals surface area contributed by atoms with Gasteiger partial charge in [0.1, 0.15) is 5.58 Å². The van der Waals surface area contributed by atoms with Gasteiger partial charge >= 0.3 is 17.8 Å². The molecule has 8 heteroatoms. The van der Waals surface area contributed by atoms with E-state index in [0.29, 0.717) is 38.3 Å². The summed E-state index contributed by atoms with van der Waals surface area (Å²) >= 11 is 0. The zero-order valence-electron chi connectivity index (χ0n) is 16.7. The summed E-state index contributed by atoms with van der Waals surface area (Å²) in [6.07, 6.45) is 1.13. The number of nitrogens with zero attached hydrogens (tertiary/aromatic N) is 3. The maximum atomic E-state index is 12.7. The first-order valence-corrected chi connectivity index (χ1v) is 9.78. The van der Waals surface area contributed by atoms with Crippen LogP contribution >= 0.6 is 0 Å². The number of rotatable bonds is 4.